The van der Waals surface area contributed by atoms with Crippen LogP contribution >= 0.6 is 11.6 Å². The van der Waals surface area contributed by atoms with Gasteiger partial charge >= 0.3 is 11.8 Å². The van der Waals surface area contributed by atoms with Gasteiger partial charge in [-0.15, -0.1) is 0 Å². The molecule has 1 aromatic carbocycles. The maximum atomic E-state index is 11.4. The van der Waals surface area contributed by atoms with Crippen molar-refractivity contribution < 1.29 is 14.3 Å². The van der Waals surface area contributed by atoms with Gasteiger partial charge in [0.1, 0.15) is 5.75 Å². The second-order valence-corrected chi connectivity index (χ2v) is 4.63. The highest BCUT2D eigenvalue weighted by molar-refractivity contribution is 6.35. The predicted molar refractivity (Wildman–Crippen MR) is 77.0 cm³/mol. The van der Waals surface area contributed by atoms with Crippen LogP contribution in [0.4, 0.5) is 0 Å². The van der Waals surface area contributed by atoms with Gasteiger partial charge < -0.3 is 10.1 Å². The van der Waals surface area contributed by atoms with Crippen LogP contribution < -0.4 is 15.5 Å². The molecular formula is C13H16ClN3O3. The summed E-state index contributed by atoms with van der Waals surface area (Å²) in [6.45, 7) is 3.52. The Hall–Kier alpha value is -2.08. The molecule has 0 bridgehead atoms. The molecule has 0 aliphatic carbocycles. The van der Waals surface area contributed by atoms with Crippen molar-refractivity contribution in [2.45, 2.75) is 19.9 Å². The highest BCUT2D eigenvalue weighted by Gasteiger charge is 2.12. The van der Waals surface area contributed by atoms with Crippen LogP contribution in [0.5, 0.6) is 5.75 Å². The van der Waals surface area contributed by atoms with Crippen LogP contribution in [0.1, 0.15) is 19.4 Å². The molecule has 108 valence electrons. The molecule has 0 fully saturated rings. The lowest BCUT2D eigenvalue weighted by molar-refractivity contribution is -0.139. The van der Waals surface area contributed by atoms with Crippen molar-refractivity contribution in [1.29, 1.82) is 0 Å². The average Bonchev–Trinajstić information content (AvgIpc) is 2.38. The number of rotatable bonds is 4. The number of hydrazone groups is 1. The van der Waals surface area contributed by atoms with Crippen molar-refractivity contribution in [2.24, 2.45) is 5.10 Å². The summed E-state index contributed by atoms with van der Waals surface area (Å²) in [5.41, 5.74) is 2.80. The van der Waals surface area contributed by atoms with Crippen molar-refractivity contribution in [1.82, 2.24) is 10.7 Å². The summed E-state index contributed by atoms with van der Waals surface area (Å²) in [6.07, 6.45) is 1.38. The van der Waals surface area contributed by atoms with E-state index in [1.165, 1.54) is 13.3 Å². The number of halogens is 1. The number of carbonyl (C=O) groups excluding carboxylic acids is 2. The number of nitrogens with one attached hydrogen (secondary N) is 2. The zero-order chi connectivity index (χ0) is 15.1. The van der Waals surface area contributed by atoms with E-state index < -0.39 is 11.8 Å². The number of hydrogen-bond acceptors (Lipinski definition) is 4. The first-order chi connectivity index (χ1) is 9.43. The number of benzene rings is 1. The molecule has 20 heavy (non-hydrogen) atoms. The molecule has 0 aliphatic rings. The van der Waals surface area contributed by atoms with Crippen molar-refractivity contribution in [2.75, 3.05) is 7.11 Å². The first-order valence-corrected chi connectivity index (χ1v) is 6.29. The summed E-state index contributed by atoms with van der Waals surface area (Å²) < 4.78 is 5.01. The molecule has 0 aromatic heterocycles. The van der Waals surface area contributed by atoms with Crippen LogP contribution in [0.15, 0.2) is 23.3 Å². The molecule has 1 aromatic rings. The average molecular weight is 298 g/mol. The summed E-state index contributed by atoms with van der Waals surface area (Å²) in [7, 11) is 1.52. The number of nitrogens with zero attached hydrogens (tertiary/aromatic N) is 1. The Morgan fingerprint density at radius 1 is 1.35 bits per heavy atom. The van der Waals surface area contributed by atoms with Crippen LogP contribution in [0.25, 0.3) is 0 Å². The molecule has 0 atom stereocenters. The summed E-state index contributed by atoms with van der Waals surface area (Å²) >= 11 is 5.94. The van der Waals surface area contributed by atoms with Crippen LogP contribution in [-0.4, -0.2) is 31.2 Å². The maximum absolute atomic E-state index is 11.4. The smallest absolute Gasteiger partial charge is 0.329 e. The van der Waals surface area contributed by atoms with Crippen molar-refractivity contribution in [3.05, 3.63) is 28.8 Å². The largest absolute Gasteiger partial charge is 0.495 e. The van der Waals surface area contributed by atoms with E-state index in [9.17, 15) is 9.59 Å². The standard InChI is InChI=1S/C13H16ClN3O3/c1-8(2)16-12(18)13(19)17-15-7-9-4-5-11(20-3)10(14)6-9/h4-8H,1-3H3,(H,16,18)(H,17,19)/b15-7-. The molecule has 7 heteroatoms. The van der Waals surface area contributed by atoms with Gasteiger partial charge in [-0.25, -0.2) is 5.43 Å². The van der Waals surface area contributed by atoms with Gasteiger partial charge in [-0.3, -0.25) is 9.59 Å². The normalized spacial score (nSPS) is 10.7. The van der Waals surface area contributed by atoms with E-state index in [1.54, 1.807) is 32.0 Å². The fraction of sp³-hybridized carbons (Fsp3) is 0.308. The van der Waals surface area contributed by atoms with E-state index in [1.807, 2.05) is 0 Å². The monoisotopic (exact) mass is 297 g/mol. The molecule has 0 spiro atoms. The van der Waals surface area contributed by atoms with Crippen LogP contribution in [0, 0.1) is 0 Å². The molecule has 0 radical (unpaired) electrons. The Kier molecular flexibility index (Phi) is 5.99. The first-order valence-electron chi connectivity index (χ1n) is 5.91. The van der Waals surface area contributed by atoms with Crippen molar-refractivity contribution in [3.63, 3.8) is 0 Å². The number of hydrogen-bond donors (Lipinski definition) is 2. The van der Waals surface area contributed by atoms with Crippen molar-refractivity contribution >= 4 is 29.6 Å². The molecule has 6 nitrogen and oxygen atoms in total. The fourth-order valence-corrected chi connectivity index (χ4v) is 1.57. The minimum absolute atomic E-state index is 0.113. The summed E-state index contributed by atoms with van der Waals surface area (Å²) in [6, 6.07) is 4.91. The highest BCUT2D eigenvalue weighted by Crippen LogP contribution is 2.24. The van der Waals surface area contributed by atoms with E-state index in [0.717, 1.165) is 0 Å². The predicted octanol–water partition coefficient (Wildman–Crippen LogP) is 1.32. The molecule has 0 heterocycles. The number of carbonyl (C=O) groups is 2. The third kappa shape index (κ3) is 4.89. The van der Waals surface area contributed by atoms with E-state index in [-0.39, 0.29) is 6.04 Å². The Balaban J connectivity index is 2.59. The summed E-state index contributed by atoms with van der Waals surface area (Å²) in [4.78, 5) is 22.7. The van der Waals surface area contributed by atoms with Gasteiger partial charge in [0.25, 0.3) is 0 Å². The topological polar surface area (TPSA) is 79.8 Å². The van der Waals surface area contributed by atoms with Gasteiger partial charge in [-0.1, -0.05) is 11.6 Å². The molecule has 2 N–H and O–H groups in total. The van der Waals surface area contributed by atoms with E-state index >= 15 is 0 Å². The van der Waals surface area contributed by atoms with Gasteiger partial charge in [-0.2, -0.15) is 5.10 Å². The Labute approximate surface area is 122 Å². The van der Waals surface area contributed by atoms with Crippen LogP contribution in [0.3, 0.4) is 0 Å². The Morgan fingerprint density at radius 3 is 2.60 bits per heavy atom. The van der Waals surface area contributed by atoms with Gasteiger partial charge in [0.05, 0.1) is 18.3 Å². The molecular weight excluding hydrogens is 282 g/mol. The van der Waals surface area contributed by atoms with Crippen LogP contribution in [0.2, 0.25) is 5.02 Å². The van der Waals surface area contributed by atoms with Gasteiger partial charge in [-0.05, 0) is 37.6 Å². The van der Waals surface area contributed by atoms with Gasteiger partial charge in [0.15, 0.2) is 0 Å². The lowest BCUT2D eigenvalue weighted by Gasteiger charge is -2.06. The zero-order valence-electron chi connectivity index (χ0n) is 11.4. The zero-order valence-corrected chi connectivity index (χ0v) is 12.2. The minimum atomic E-state index is -0.824. The maximum Gasteiger partial charge on any atom is 0.329 e. The second kappa shape index (κ2) is 7.49. The van der Waals surface area contributed by atoms with E-state index in [2.05, 4.69) is 15.8 Å². The van der Waals surface area contributed by atoms with Crippen molar-refractivity contribution in [3.8, 4) is 5.75 Å². The Morgan fingerprint density at radius 2 is 2.05 bits per heavy atom. The third-order valence-electron chi connectivity index (χ3n) is 2.18. The highest BCUT2D eigenvalue weighted by atomic mass is 35.5. The second-order valence-electron chi connectivity index (χ2n) is 4.22. The van der Waals surface area contributed by atoms with E-state index in [0.29, 0.717) is 16.3 Å². The molecule has 0 unspecified atom stereocenters. The van der Waals surface area contributed by atoms with Crippen LogP contribution in [-0.2, 0) is 9.59 Å². The van der Waals surface area contributed by atoms with Gasteiger partial charge in [0.2, 0.25) is 0 Å². The number of methoxy groups -OCH3 is 1. The Bertz CT molecular complexity index is 530. The quantitative estimate of drug-likeness (QED) is 0.500. The number of amides is 2. The van der Waals surface area contributed by atoms with E-state index in [4.69, 9.17) is 16.3 Å². The lowest BCUT2D eigenvalue weighted by Crippen LogP contribution is -2.41. The molecule has 0 aliphatic heterocycles. The SMILES string of the molecule is COc1ccc(/C=N\NC(=O)C(=O)NC(C)C)cc1Cl. The minimum Gasteiger partial charge on any atom is -0.495 e. The number of ether oxygens (including phenoxy) is 1. The van der Waals surface area contributed by atoms with Gasteiger partial charge in [0, 0.05) is 6.04 Å². The first kappa shape index (κ1) is 16.0. The molecule has 1 rings (SSSR count). The molecule has 0 saturated heterocycles. The lowest BCUT2D eigenvalue weighted by atomic mass is 10.2. The molecule has 0 saturated carbocycles. The third-order valence-corrected chi connectivity index (χ3v) is 2.48. The fourth-order valence-electron chi connectivity index (χ4n) is 1.31. The summed E-state index contributed by atoms with van der Waals surface area (Å²) in [5.74, 6) is -1.01. The summed E-state index contributed by atoms with van der Waals surface area (Å²) in [5, 5.41) is 6.57. The molecule has 2 amide bonds.